The molecule has 0 unspecified atom stereocenters. The number of carbonyl (C=O) groups is 2. The van der Waals surface area contributed by atoms with Gasteiger partial charge < -0.3 is 9.64 Å². The average molecular weight is 353 g/mol. The van der Waals surface area contributed by atoms with Crippen LogP contribution in [0.2, 0.25) is 0 Å². The summed E-state index contributed by atoms with van der Waals surface area (Å²) in [5.41, 5.74) is -0.0253. The monoisotopic (exact) mass is 353 g/mol. The van der Waals surface area contributed by atoms with Crippen LogP contribution in [-0.4, -0.2) is 30.4 Å². The Labute approximate surface area is 143 Å². The number of allylic oxidation sites excluding steroid dienone is 1. The molecule has 134 valence electrons. The van der Waals surface area contributed by atoms with Gasteiger partial charge in [0.15, 0.2) is 0 Å². The number of carbonyl (C=O) groups excluding carboxylic acids is 2. The summed E-state index contributed by atoms with van der Waals surface area (Å²) in [5, 5.41) is 0. The van der Waals surface area contributed by atoms with Crippen molar-refractivity contribution in [2.75, 3.05) is 13.7 Å². The molecule has 1 aliphatic rings. The van der Waals surface area contributed by atoms with Crippen molar-refractivity contribution in [3.8, 4) is 0 Å². The maximum Gasteiger partial charge on any atom is 0.416 e. The summed E-state index contributed by atoms with van der Waals surface area (Å²) in [7, 11) is 1.19. The minimum Gasteiger partial charge on any atom is -0.466 e. The second-order valence-electron chi connectivity index (χ2n) is 5.66. The largest absolute Gasteiger partial charge is 0.466 e. The summed E-state index contributed by atoms with van der Waals surface area (Å²) in [6.45, 7) is 5.36. The Morgan fingerprint density at radius 2 is 2.12 bits per heavy atom. The lowest BCUT2D eigenvalue weighted by molar-refractivity contribution is -0.138. The van der Waals surface area contributed by atoms with E-state index < -0.39 is 23.6 Å². The molecule has 1 aromatic rings. The van der Waals surface area contributed by atoms with E-state index in [2.05, 4.69) is 6.58 Å². The highest BCUT2D eigenvalue weighted by molar-refractivity contribution is 5.95. The fraction of sp³-hybridized carbons (Fsp3) is 0.333. The van der Waals surface area contributed by atoms with Gasteiger partial charge in [-0.1, -0.05) is 24.3 Å². The van der Waals surface area contributed by atoms with Gasteiger partial charge in [-0.15, -0.1) is 6.58 Å². The molecule has 0 spiro atoms. The number of ether oxygens (including phenoxy) is 1. The first-order valence-electron chi connectivity index (χ1n) is 7.58. The Hall–Kier alpha value is -2.57. The molecule has 7 heteroatoms. The van der Waals surface area contributed by atoms with E-state index in [1.807, 2.05) is 0 Å². The van der Waals surface area contributed by atoms with Crippen LogP contribution >= 0.6 is 0 Å². The summed E-state index contributed by atoms with van der Waals surface area (Å²) in [6.07, 6.45) is -3.11. The van der Waals surface area contributed by atoms with Crippen LogP contribution < -0.4 is 0 Å². The van der Waals surface area contributed by atoms with Gasteiger partial charge in [-0.05, 0) is 18.6 Å². The van der Waals surface area contributed by atoms with E-state index >= 15 is 0 Å². The van der Waals surface area contributed by atoms with Crippen LogP contribution in [0, 0.1) is 0 Å². The van der Waals surface area contributed by atoms with Crippen LogP contribution in [-0.2, 0) is 20.5 Å². The first-order chi connectivity index (χ1) is 11.7. The van der Waals surface area contributed by atoms with Gasteiger partial charge in [0.05, 0.1) is 18.2 Å². The zero-order valence-corrected chi connectivity index (χ0v) is 13.9. The highest BCUT2D eigenvalue weighted by Crippen LogP contribution is 2.39. The number of nitrogens with zero attached hydrogens (tertiary/aromatic N) is 1. The van der Waals surface area contributed by atoms with Gasteiger partial charge in [-0.3, -0.25) is 4.79 Å². The molecule has 1 heterocycles. The summed E-state index contributed by atoms with van der Waals surface area (Å²) in [4.78, 5) is 26.0. The van der Waals surface area contributed by atoms with Gasteiger partial charge in [0, 0.05) is 24.6 Å². The van der Waals surface area contributed by atoms with E-state index in [0.717, 1.165) is 12.1 Å². The Kier molecular flexibility index (Phi) is 5.35. The van der Waals surface area contributed by atoms with Crippen molar-refractivity contribution >= 4 is 11.9 Å². The number of alkyl halides is 3. The van der Waals surface area contributed by atoms with Crippen LogP contribution in [0.15, 0.2) is 48.2 Å². The van der Waals surface area contributed by atoms with Crippen LogP contribution in [0.1, 0.15) is 30.4 Å². The number of hydrogen-bond donors (Lipinski definition) is 0. The molecule has 1 aliphatic heterocycles. The van der Waals surface area contributed by atoms with E-state index in [9.17, 15) is 22.8 Å². The molecule has 1 atom stereocenters. The van der Waals surface area contributed by atoms with Crippen LogP contribution in [0.3, 0.4) is 0 Å². The van der Waals surface area contributed by atoms with Crippen molar-refractivity contribution in [2.24, 2.45) is 0 Å². The minimum atomic E-state index is -4.51. The molecule has 0 saturated carbocycles. The third kappa shape index (κ3) is 3.75. The molecule has 0 fully saturated rings. The molecule has 1 aromatic carbocycles. The molecule has 2 rings (SSSR count). The van der Waals surface area contributed by atoms with E-state index in [1.54, 1.807) is 6.92 Å². The van der Waals surface area contributed by atoms with E-state index in [1.165, 1.54) is 30.2 Å². The van der Waals surface area contributed by atoms with Crippen molar-refractivity contribution in [3.05, 3.63) is 59.3 Å². The first kappa shape index (κ1) is 18.8. The molecule has 1 amide bonds. The fourth-order valence-electron chi connectivity index (χ4n) is 2.96. The van der Waals surface area contributed by atoms with Crippen molar-refractivity contribution in [1.29, 1.82) is 0 Å². The third-order valence-electron chi connectivity index (χ3n) is 4.16. The number of esters is 1. The Morgan fingerprint density at radius 1 is 1.44 bits per heavy atom. The van der Waals surface area contributed by atoms with Crippen LogP contribution in [0.4, 0.5) is 13.2 Å². The van der Waals surface area contributed by atoms with Crippen molar-refractivity contribution in [2.45, 2.75) is 25.4 Å². The van der Waals surface area contributed by atoms with E-state index in [0.29, 0.717) is 5.70 Å². The van der Waals surface area contributed by atoms with Gasteiger partial charge in [0.25, 0.3) is 0 Å². The number of rotatable bonds is 4. The molecule has 0 bridgehead atoms. The van der Waals surface area contributed by atoms with Crippen LogP contribution in [0.25, 0.3) is 0 Å². The number of halogens is 3. The van der Waals surface area contributed by atoms with Crippen LogP contribution in [0.5, 0.6) is 0 Å². The second kappa shape index (κ2) is 7.13. The van der Waals surface area contributed by atoms with Crippen molar-refractivity contribution in [1.82, 2.24) is 4.90 Å². The highest BCUT2D eigenvalue weighted by atomic mass is 19.4. The zero-order chi connectivity index (χ0) is 18.8. The Bertz CT molecular complexity index is 737. The molecule has 0 aromatic heterocycles. The normalized spacial score (nSPS) is 18.4. The quantitative estimate of drug-likeness (QED) is 0.613. The predicted molar refractivity (Wildman–Crippen MR) is 85.4 cm³/mol. The molecular formula is C18H18F3NO3. The van der Waals surface area contributed by atoms with Crippen molar-refractivity contribution in [3.63, 3.8) is 0 Å². The molecule has 0 saturated heterocycles. The van der Waals surface area contributed by atoms with E-state index in [-0.39, 0.29) is 30.0 Å². The summed E-state index contributed by atoms with van der Waals surface area (Å²) < 4.78 is 43.7. The average Bonchev–Trinajstić information content (AvgIpc) is 2.57. The SMILES string of the molecule is C=CCN1C(=O)C[C@H](c2cccc(C(F)(F)F)c2)C(C(=O)OC)=C1C. The summed E-state index contributed by atoms with van der Waals surface area (Å²) >= 11 is 0. The molecular weight excluding hydrogens is 335 g/mol. The standard InChI is InChI=1S/C18H18F3NO3/c1-4-8-22-11(2)16(17(24)25-3)14(10-15(22)23)12-6-5-7-13(9-12)18(19,20)21/h4-7,9,14H,1,8,10H2,2-3H3/t14-/m1/s1. The van der Waals surface area contributed by atoms with Gasteiger partial charge in [-0.25, -0.2) is 4.79 Å². The van der Waals surface area contributed by atoms with Gasteiger partial charge >= 0.3 is 12.1 Å². The Morgan fingerprint density at radius 3 is 2.68 bits per heavy atom. The van der Waals surface area contributed by atoms with Gasteiger partial charge in [0.1, 0.15) is 0 Å². The second-order valence-corrected chi connectivity index (χ2v) is 5.66. The summed E-state index contributed by atoms with van der Waals surface area (Å²) in [6, 6.07) is 4.67. The lowest BCUT2D eigenvalue weighted by Crippen LogP contribution is -2.38. The fourth-order valence-corrected chi connectivity index (χ4v) is 2.96. The number of methoxy groups -OCH3 is 1. The third-order valence-corrected chi connectivity index (χ3v) is 4.16. The lowest BCUT2D eigenvalue weighted by atomic mass is 9.83. The number of amides is 1. The summed E-state index contributed by atoms with van der Waals surface area (Å²) in [5.74, 6) is -1.74. The molecule has 0 aliphatic carbocycles. The molecule has 0 radical (unpaired) electrons. The number of hydrogen-bond acceptors (Lipinski definition) is 3. The maximum absolute atomic E-state index is 13.0. The lowest BCUT2D eigenvalue weighted by Gasteiger charge is -2.33. The van der Waals surface area contributed by atoms with Gasteiger partial charge in [-0.2, -0.15) is 13.2 Å². The molecule has 25 heavy (non-hydrogen) atoms. The highest BCUT2D eigenvalue weighted by Gasteiger charge is 2.37. The minimum absolute atomic E-state index is 0.114. The topological polar surface area (TPSA) is 46.6 Å². The maximum atomic E-state index is 13.0. The van der Waals surface area contributed by atoms with Crippen molar-refractivity contribution < 1.29 is 27.5 Å². The predicted octanol–water partition coefficient (Wildman–Crippen LogP) is 3.65. The zero-order valence-electron chi connectivity index (χ0n) is 13.9. The molecule has 4 nitrogen and oxygen atoms in total. The Balaban J connectivity index is 2.57. The van der Waals surface area contributed by atoms with Gasteiger partial charge in [0.2, 0.25) is 5.91 Å². The number of benzene rings is 1. The smallest absolute Gasteiger partial charge is 0.416 e. The first-order valence-corrected chi connectivity index (χ1v) is 7.58. The molecule has 0 N–H and O–H groups in total. The van der Waals surface area contributed by atoms with E-state index in [4.69, 9.17) is 4.74 Å².